The predicted molar refractivity (Wildman–Crippen MR) is 93.2 cm³/mol. The Morgan fingerprint density at radius 3 is 2.39 bits per heavy atom. The molecule has 2 aromatic heterocycles. The van der Waals surface area contributed by atoms with Gasteiger partial charge in [0.1, 0.15) is 5.52 Å². The molecule has 23 heavy (non-hydrogen) atoms. The van der Waals surface area contributed by atoms with Crippen molar-refractivity contribution in [2.75, 3.05) is 11.5 Å². The third-order valence-corrected chi connectivity index (χ3v) is 4.02. The van der Waals surface area contributed by atoms with E-state index in [1.54, 1.807) is 12.1 Å². The van der Waals surface area contributed by atoms with E-state index in [-0.39, 0.29) is 11.8 Å². The summed E-state index contributed by atoms with van der Waals surface area (Å²) in [5.74, 6) is 0.402. The monoisotopic (exact) mass is 348 g/mol. The van der Waals surface area contributed by atoms with Gasteiger partial charge in [0, 0.05) is 28.7 Å². The number of aromatic nitrogens is 3. The third-order valence-electron chi connectivity index (χ3n) is 3.31. The largest absolute Gasteiger partial charge is 0.382 e. The van der Waals surface area contributed by atoms with Crippen LogP contribution in [0.2, 0.25) is 10.0 Å². The van der Waals surface area contributed by atoms with Crippen LogP contribution in [0.25, 0.3) is 11.0 Å². The molecule has 0 saturated heterocycles. The molecule has 0 unspecified atom stereocenters. The predicted octanol–water partition coefficient (Wildman–Crippen LogP) is 2.79. The summed E-state index contributed by atoms with van der Waals surface area (Å²) in [5, 5.41) is 4.52. The van der Waals surface area contributed by atoms with Gasteiger partial charge in [-0.05, 0) is 24.3 Å². The first kappa shape index (κ1) is 15.7. The van der Waals surface area contributed by atoms with Crippen molar-refractivity contribution in [2.24, 2.45) is 0 Å². The first-order chi connectivity index (χ1) is 11.0. The summed E-state index contributed by atoms with van der Waals surface area (Å²) in [6, 6.07) is 9.10. The smallest absolute Gasteiger partial charge is 0.222 e. The molecular weight excluding hydrogens is 335 g/mol. The van der Waals surface area contributed by atoms with Crippen LogP contribution in [0, 0.1) is 0 Å². The van der Waals surface area contributed by atoms with E-state index in [9.17, 15) is 0 Å². The van der Waals surface area contributed by atoms with Crippen molar-refractivity contribution in [3.05, 3.63) is 51.6 Å². The van der Waals surface area contributed by atoms with E-state index in [0.717, 1.165) is 11.3 Å². The van der Waals surface area contributed by atoms with Gasteiger partial charge < -0.3 is 16.8 Å². The zero-order valence-electron chi connectivity index (χ0n) is 12.1. The Balaban J connectivity index is 1.75. The van der Waals surface area contributed by atoms with Crippen LogP contribution in [0.15, 0.2) is 30.3 Å². The maximum absolute atomic E-state index is 6.14. The molecule has 3 rings (SSSR count). The number of halogens is 2. The summed E-state index contributed by atoms with van der Waals surface area (Å²) >= 11 is 12.3. The molecule has 0 amide bonds. The maximum atomic E-state index is 6.14. The van der Waals surface area contributed by atoms with E-state index in [0.29, 0.717) is 34.2 Å². The van der Waals surface area contributed by atoms with Crippen molar-refractivity contribution < 1.29 is 0 Å². The van der Waals surface area contributed by atoms with Crippen molar-refractivity contribution in [1.82, 2.24) is 20.3 Å². The minimum absolute atomic E-state index is 0.135. The van der Waals surface area contributed by atoms with Gasteiger partial charge in [0.05, 0.1) is 11.2 Å². The lowest BCUT2D eigenvalue weighted by Crippen LogP contribution is -2.14. The fourth-order valence-corrected chi connectivity index (χ4v) is 2.74. The van der Waals surface area contributed by atoms with E-state index in [1.165, 1.54) is 0 Å². The van der Waals surface area contributed by atoms with Gasteiger partial charge in [0.25, 0.3) is 0 Å². The number of benzene rings is 1. The molecule has 0 bridgehead atoms. The Morgan fingerprint density at radius 2 is 1.65 bits per heavy atom. The summed E-state index contributed by atoms with van der Waals surface area (Å²) in [7, 11) is 0. The number of nitrogens with zero attached hydrogens (tertiary/aromatic N) is 3. The molecule has 0 saturated carbocycles. The van der Waals surface area contributed by atoms with E-state index in [2.05, 4.69) is 20.3 Å². The van der Waals surface area contributed by atoms with E-state index >= 15 is 0 Å². The van der Waals surface area contributed by atoms with Gasteiger partial charge in [-0.25, -0.2) is 9.97 Å². The summed E-state index contributed by atoms with van der Waals surface area (Å²) < 4.78 is 0. The fourth-order valence-electron chi connectivity index (χ4n) is 2.21. The lowest BCUT2D eigenvalue weighted by Gasteiger charge is -2.09. The Kier molecular flexibility index (Phi) is 4.47. The number of hydrogen-bond donors (Lipinski definition) is 3. The highest BCUT2D eigenvalue weighted by atomic mass is 35.5. The van der Waals surface area contributed by atoms with Crippen molar-refractivity contribution in [3.8, 4) is 0 Å². The molecule has 0 aliphatic heterocycles. The summed E-state index contributed by atoms with van der Waals surface area (Å²) in [5.41, 5.74) is 14.2. The SMILES string of the molecule is Nc1nc(N)c2nc(CNCc3c(Cl)cccc3Cl)ccc2n1. The number of hydrogen-bond acceptors (Lipinski definition) is 6. The molecule has 6 nitrogen and oxygen atoms in total. The van der Waals surface area contributed by atoms with Crippen LogP contribution in [0.1, 0.15) is 11.3 Å². The molecular formula is C15H14Cl2N6. The topological polar surface area (TPSA) is 103 Å². The highest BCUT2D eigenvalue weighted by Crippen LogP contribution is 2.24. The van der Waals surface area contributed by atoms with Gasteiger partial charge in [-0.3, -0.25) is 0 Å². The highest BCUT2D eigenvalue weighted by Gasteiger charge is 2.08. The zero-order chi connectivity index (χ0) is 16.4. The van der Waals surface area contributed by atoms with Crippen molar-refractivity contribution in [3.63, 3.8) is 0 Å². The lowest BCUT2D eigenvalue weighted by molar-refractivity contribution is 0.682. The molecule has 5 N–H and O–H groups in total. The minimum atomic E-state index is 0.135. The molecule has 118 valence electrons. The fraction of sp³-hybridized carbons (Fsp3) is 0.133. The average Bonchev–Trinajstić information content (AvgIpc) is 2.50. The average molecular weight is 349 g/mol. The third kappa shape index (κ3) is 3.44. The number of nitrogens with two attached hydrogens (primary N) is 2. The van der Waals surface area contributed by atoms with Crippen LogP contribution < -0.4 is 16.8 Å². The number of nitrogen functional groups attached to an aromatic ring is 2. The second-order valence-electron chi connectivity index (χ2n) is 4.94. The van der Waals surface area contributed by atoms with Crippen LogP contribution >= 0.6 is 23.2 Å². The number of pyridine rings is 1. The molecule has 0 aliphatic carbocycles. The highest BCUT2D eigenvalue weighted by molar-refractivity contribution is 6.35. The van der Waals surface area contributed by atoms with Gasteiger partial charge in [0.2, 0.25) is 5.95 Å². The normalized spacial score (nSPS) is 11.0. The number of fused-ring (bicyclic) bond motifs is 1. The zero-order valence-corrected chi connectivity index (χ0v) is 13.6. The summed E-state index contributed by atoms with van der Waals surface area (Å²) in [6.45, 7) is 1.06. The van der Waals surface area contributed by atoms with Gasteiger partial charge in [-0.2, -0.15) is 4.98 Å². The molecule has 3 aromatic rings. The first-order valence-electron chi connectivity index (χ1n) is 6.87. The Hall–Kier alpha value is -2.15. The second-order valence-corrected chi connectivity index (χ2v) is 5.76. The number of anilines is 2. The van der Waals surface area contributed by atoms with Crippen LogP contribution in [0.3, 0.4) is 0 Å². The molecule has 2 heterocycles. The van der Waals surface area contributed by atoms with Gasteiger partial charge in [-0.1, -0.05) is 29.3 Å². The number of nitrogens with one attached hydrogen (secondary N) is 1. The maximum Gasteiger partial charge on any atom is 0.222 e. The van der Waals surface area contributed by atoms with Gasteiger partial charge >= 0.3 is 0 Å². The Labute approximate surface area is 142 Å². The van der Waals surface area contributed by atoms with E-state index in [4.69, 9.17) is 34.7 Å². The first-order valence-corrected chi connectivity index (χ1v) is 7.62. The van der Waals surface area contributed by atoms with Gasteiger partial charge in [0.15, 0.2) is 5.82 Å². The van der Waals surface area contributed by atoms with Gasteiger partial charge in [-0.15, -0.1) is 0 Å². The molecule has 0 fully saturated rings. The Bertz CT molecular complexity index is 848. The Morgan fingerprint density at radius 1 is 0.913 bits per heavy atom. The molecule has 0 radical (unpaired) electrons. The minimum Gasteiger partial charge on any atom is -0.382 e. The molecule has 0 spiro atoms. The quantitative estimate of drug-likeness (QED) is 0.669. The second kappa shape index (κ2) is 6.54. The molecule has 8 heteroatoms. The molecule has 1 aromatic carbocycles. The standard InChI is InChI=1S/C15H14Cl2N6/c16-10-2-1-3-11(17)9(10)7-20-6-8-4-5-12-13(21-8)14(18)23-15(19)22-12/h1-5,20H,6-7H2,(H4,18,19,22,23). The molecule has 0 atom stereocenters. The number of rotatable bonds is 4. The van der Waals surface area contributed by atoms with Crippen molar-refractivity contribution in [1.29, 1.82) is 0 Å². The van der Waals surface area contributed by atoms with E-state index < -0.39 is 0 Å². The summed E-state index contributed by atoms with van der Waals surface area (Å²) in [4.78, 5) is 12.5. The van der Waals surface area contributed by atoms with Crippen molar-refractivity contribution >= 4 is 46.0 Å². The van der Waals surface area contributed by atoms with Crippen LogP contribution in [0.4, 0.5) is 11.8 Å². The van der Waals surface area contributed by atoms with Crippen molar-refractivity contribution in [2.45, 2.75) is 13.1 Å². The van der Waals surface area contributed by atoms with Crippen LogP contribution in [-0.2, 0) is 13.1 Å². The van der Waals surface area contributed by atoms with Crippen LogP contribution in [-0.4, -0.2) is 15.0 Å². The summed E-state index contributed by atoms with van der Waals surface area (Å²) in [6.07, 6.45) is 0. The van der Waals surface area contributed by atoms with Crippen LogP contribution in [0.5, 0.6) is 0 Å². The molecule has 0 aliphatic rings. The van der Waals surface area contributed by atoms with E-state index in [1.807, 2.05) is 18.2 Å². The lowest BCUT2D eigenvalue weighted by atomic mass is 10.2.